The minimum Gasteiger partial charge on any atom is -0.451 e. The van der Waals surface area contributed by atoms with Crippen LogP contribution in [0.1, 0.15) is 0 Å². The van der Waals surface area contributed by atoms with Crippen molar-refractivity contribution in [1.29, 1.82) is 0 Å². The molecule has 0 aromatic heterocycles. The molecule has 2 aromatic rings. The van der Waals surface area contributed by atoms with Crippen LogP contribution >= 0.6 is 10.8 Å². The van der Waals surface area contributed by atoms with E-state index in [0.717, 1.165) is 6.26 Å². The van der Waals surface area contributed by atoms with Gasteiger partial charge in [-0.15, -0.1) is 0 Å². The highest BCUT2D eigenvalue weighted by molar-refractivity contribution is 8.69. The Balaban J connectivity index is 2.51. The zero-order valence-corrected chi connectivity index (χ0v) is 12.2. The topological polar surface area (TPSA) is 26.3 Å². The molecule has 0 saturated carbocycles. The van der Waals surface area contributed by atoms with Crippen LogP contribution in [0.4, 0.5) is 17.6 Å². The number of hydrogen-bond donors (Lipinski definition) is 0. The first kappa shape index (κ1) is 15.8. The normalized spacial score (nSPS) is 12.2. The number of benzene rings is 2. The molecule has 112 valence electrons. The van der Waals surface area contributed by atoms with Crippen molar-refractivity contribution in [1.82, 2.24) is 0 Å². The lowest BCUT2D eigenvalue weighted by Crippen LogP contribution is -2.03. The molecule has 0 aliphatic carbocycles. The highest BCUT2D eigenvalue weighted by Crippen LogP contribution is 2.37. The smallest absolute Gasteiger partial charge is 0.205 e. The van der Waals surface area contributed by atoms with E-state index in [-0.39, 0.29) is 16.5 Å². The third kappa shape index (κ3) is 3.38. The first-order valence-electron chi connectivity index (χ1n) is 5.52. The summed E-state index contributed by atoms with van der Waals surface area (Å²) < 4.78 is 71.0. The summed E-state index contributed by atoms with van der Waals surface area (Å²) in [6, 6.07) is 7.44. The van der Waals surface area contributed by atoms with Gasteiger partial charge in [-0.3, -0.25) is 0 Å². The van der Waals surface area contributed by atoms with Crippen molar-refractivity contribution < 1.29 is 26.5 Å². The Morgan fingerprint density at radius 2 is 1.48 bits per heavy atom. The average molecular weight is 336 g/mol. The molecule has 0 N–H and O–H groups in total. The van der Waals surface area contributed by atoms with E-state index < -0.39 is 43.7 Å². The zero-order valence-electron chi connectivity index (χ0n) is 10.5. The molecule has 0 amide bonds. The molecule has 0 fully saturated rings. The van der Waals surface area contributed by atoms with Gasteiger partial charge in [0.15, 0.2) is 11.6 Å². The van der Waals surface area contributed by atoms with Crippen LogP contribution in [0.2, 0.25) is 0 Å². The number of para-hydroxylation sites is 1. The molecule has 2 nitrogen and oxygen atoms in total. The molecule has 0 radical (unpaired) electrons. The molecule has 1 atom stereocenters. The van der Waals surface area contributed by atoms with Gasteiger partial charge in [0.05, 0.1) is 14.7 Å². The molecular weight excluding hydrogens is 328 g/mol. The van der Waals surface area contributed by atoms with Gasteiger partial charge in [0.25, 0.3) is 0 Å². The molecule has 0 saturated heterocycles. The summed E-state index contributed by atoms with van der Waals surface area (Å²) >= 11 is 0. The minimum atomic E-state index is -1.74. The van der Waals surface area contributed by atoms with Gasteiger partial charge in [-0.2, -0.15) is 8.78 Å². The second-order valence-electron chi connectivity index (χ2n) is 3.81. The third-order valence-corrected chi connectivity index (χ3v) is 4.31. The fourth-order valence-electron chi connectivity index (χ4n) is 1.48. The van der Waals surface area contributed by atoms with Gasteiger partial charge in [0.2, 0.25) is 17.4 Å². The van der Waals surface area contributed by atoms with E-state index in [9.17, 15) is 21.8 Å². The summed E-state index contributed by atoms with van der Waals surface area (Å²) in [6.07, 6.45) is 1.13. The number of hydrogen-bond acceptors (Lipinski definition) is 3. The van der Waals surface area contributed by atoms with Crippen molar-refractivity contribution in [3.8, 4) is 11.5 Å². The second kappa shape index (κ2) is 6.48. The Morgan fingerprint density at radius 3 is 1.95 bits per heavy atom. The molecule has 0 aliphatic heterocycles. The maximum atomic E-state index is 13.8. The Hall–Kier alpha value is -1.54. The molecule has 0 aliphatic rings. The van der Waals surface area contributed by atoms with Crippen molar-refractivity contribution >= 4 is 20.6 Å². The summed E-state index contributed by atoms with van der Waals surface area (Å²) in [6.45, 7) is 0. The SMILES string of the molecule is CS(=O)Sc1c(F)c(F)c(Oc2ccccc2)c(F)c1F. The summed E-state index contributed by atoms with van der Waals surface area (Å²) in [5.41, 5.74) is 0. The van der Waals surface area contributed by atoms with Gasteiger partial charge < -0.3 is 4.74 Å². The van der Waals surface area contributed by atoms with Crippen LogP contribution < -0.4 is 4.74 Å². The molecule has 1 unspecified atom stereocenters. The zero-order chi connectivity index (χ0) is 15.6. The molecular formula is C13H8F4O2S2. The Bertz CT molecular complexity index is 663. The fourth-order valence-corrected chi connectivity index (χ4v) is 3.18. The number of halogens is 4. The summed E-state index contributed by atoms with van der Waals surface area (Å²) in [5, 5.41) is 0. The van der Waals surface area contributed by atoms with E-state index in [1.807, 2.05) is 0 Å². The highest BCUT2D eigenvalue weighted by atomic mass is 33.1. The summed E-state index contributed by atoms with van der Waals surface area (Å²) in [4.78, 5) is -0.980. The predicted molar refractivity (Wildman–Crippen MR) is 72.7 cm³/mol. The lowest BCUT2D eigenvalue weighted by molar-refractivity contribution is 0.353. The monoisotopic (exact) mass is 336 g/mol. The van der Waals surface area contributed by atoms with Gasteiger partial charge in [-0.05, 0) is 22.9 Å². The molecule has 0 spiro atoms. The van der Waals surface area contributed by atoms with Crippen molar-refractivity contribution in [2.24, 2.45) is 0 Å². The highest BCUT2D eigenvalue weighted by Gasteiger charge is 2.28. The summed E-state index contributed by atoms with van der Waals surface area (Å²) in [7, 11) is -1.55. The van der Waals surface area contributed by atoms with E-state index in [0.29, 0.717) is 0 Å². The number of ether oxygens (including phenoxy) is 1. The van der Waals surface area contributed by atoms with Crippen LogP contribution in [0.15, 0.2) is 35.2 Å². The van der Waals surface area contributed by atoms with Crippen molar-refractivity contribution in [3.05, 3.63) is 53.6 Å². The number of rotatable bonds is 4. The minimum absolute atomic E-state index is 0.0218. The largest absolute Gasteiger partial charge is 0.451 e. The first-order chi connectivity index (χ1) is 9.91. The molecule has 21 heavy (non-hydrogen) atoms. The van der Waals surface area contributed by atoms with E-state index in [1.165, 1.54) is 24.3 Å². The lowest BCUT2D eigenvalue weighted by Gasteiger charge is -2.11. The van der Waals surface area contributed by atoms with Crippen molar-refractivity contribution in [2.75, 3.05) is 6.26 Å². The quantitative estimate of drug-likeness (QED) is 0.470. The third-order valence-electron chi connectivity index (χ3n) is 2.35. The van der Waals surface area contributed by atoms with Gasteiger partial charge in [0.1, 0.15) is 5.75 Å². The molecule has 0 bridgehead atoms. The summed E-state index contributed by atoms with van der Waals surface area (Å²) in [5.74, 6) is -7.78. The van der Waals surface area contributed by atoms with Gasteiger partial charge in [-0.25, -0.2) is 13.0 Å². The Labute approximate surface area is 124 Å². The van der Waals surface area contributed by atoms with Gasteiger partial charge >= 0.3 is 0 Å². The molecule has 2 rings (SSSR count). The predicted octanol–water partition coefficient (Wildman–Crippen LogP) is 4.42. The van der Waals surface area contributed by atoms with Crippen LogP contribution in [-0.2, 0) is 9.83 Å². The molecule has 0 heterocycles. The second-order valence-corrected chi connectivity index (χ2v) is 7.10. The van der Waals surface area contributed by atoms with Gasteiger partial charge in [0, 0.05) is 6.26 Å². The average Bonchev–Trinajstić information content (AvgIpc) is 2.47. The Morgan fingerprint density at radius 1 is 0.952 bits per heavy atom. The van der Waals surface area contributed by atoms with Crippen LogP contribution in [0.5, 0.6) is 11.5 Å². The maximum Gasteiger partial charge on any atom is 0.205 e. The molecule has 8 heteroatoms. The van der Waals surface area contributed by atoms with E-state index in [2.05, 4.69) is 0 Å². The fraction of sp³-hybridized carbons (Fsp3) is 0.0769. The maximum absolute atomic E-state index is 13.8. The van der Waals surface area contributed by atoms with Crippen LogP contribution in [0.25, 0.3) is 0 Å². The van der Waals surface area contributed by atoms with Crippen molar-refractivity contribution in [2.45, 2.75) is 4.90 Å². The Kier molecular flexibility index (Phi) is 4.89. The van der Waals surface area contributed by atoms with Crippen LogP contribution in [0, 0.1) is 23.3 Å². The van der Waals surface area contributed by atoms with E-state index in [1.54, 1.807) is 6.07 Å². The first-order valence-corrected chi connectivity index (χ1v) is 8.41. The van der Waals surface area contributed by atoms with Crippen molar-refractivity contribution in [3.63, 3.8) is 0 Å². The lowest BCUT2D eigenvalue weighted by atomic mass is 10.2. The van der Waals surface area contributed by atoms with Gasteiger partial charge in [-0.1, -0.05) is 18.2 Å². The van der Waals surface area contributed by atoms with E-state index >= 15 is 0 Å². The standard InChI is InChI=1S/C13H8F4O2S2/c1-21(18)20-13-10(16)8(14)12(9(15)11(13)17)19-7-5-3-2-4-6-7/h2-6H,1H3. The molecule has 2 aromatic carbocycles. The van der Waals surface area contributed by atoms with Crippen LogP contribution in [0.3, 0.4) is 0 Å². The van der Waals surface area contributed by atoms with E-state index in [4.69, 9.17) is 4.74 Å². The van der Waals surface area contributed by atoms with Crippen LogP contribution in [-0.4, -0.2) is 10.5 Å².